The summed E-state index contributed by atoms with van der Waals surface area (Å²) in [4.78, 5) is 26.3. The summed E-state index contributed by atoms with van der Waals surface area (Å²) in [5.74, 6) is 0.299. The van der Waals surface area contributed by atoms with Crippen molar-refractivity contribution in [1.82, 2.24) is 10.2 Å². The summed E-state index contributed by atoms with van der Waals surface area (Å²) in [7, 11) is 0. The maximum Gasteiger partial charge on any atom is 0.289 e. The highest BCUT2D eigenvalue weighted by Crippen LogP contribution is 2.19. The van der Waals surface area contributed by atoms with E-state index in [0.29, 0.717) is 38.2 Å². The van der Waals surface area contributed by atoms with Crippen molar-refractivity contribution in [3.63, 3.8) is 0 Å². The number of nitrogens with zero attached hydrogens (tertiary/aromatic N) is 1. The van der Waals surface area contributed by atoms with Gasteiger partial charge in [-0.2, -0.15) is 0 Å². The molecule has 1 fully saturated rings. The molecule has 1 aliphatic heterocycles. The molecule has 0 radical (unpaired) electrons. The Balaban J connectivity index is 1.46. The minimum Gasteiger partial charge on any atom is -0.459 e. The van der Waals surface area contributed by atoms with Gasteiger partial charge in [-0.15, -0.1) is 0 Å². The molecule has 0 unspecified atom stereocenters. The second kappa shape index (κ2) is 7.34. The van der Waals surface area contributed by atoms with Crippen molar-refractivity contribution in [2.24, 2.45) is 5.92 Å². The summed E-state index contributed by atoms with van der Waals surface area (Å²) in [6.07, 6.45) is 2.87. The van der Waals surface area contributed by atoms with E-state index in [1.54, 1.807) is 17.0 Å². The van der Waals surface area contributed by atoms with Gasteiger partial charge < -0.3 is 14.6 Å². The van der Waals surface area contributed by atoms with Crippen LogP contribution in [0.25, 0.3) is 0 Å². The summed E-state index contributed by atoms with van der Waals surface area (Å²) in [6, 6.07) is 11.5. The minimum absolute atomic E-state index is 0.0314. The Morgan fingerprint density at radius 3 is 2.50 bits per heavy atom. The van der Waals surface area contributed by atoms with Gasteiger partial charge in [-0.25, -0.2) is 0 Å². The van der Waals surface area contributed by atoms with Crippen molar-refractivity contribution >= 4 is 11.8 Å². The lowest BCUT2D eigenvalue weighted by molar-refractivity contribution is -0.126. The third kappa shape index (κ3) is 3.85. The molecule has 0 spiro atoms. The third-order valence-corrected chi connectivity index (χ3v) is 4.47. The number of piperidine rings is 1. The number of amides is 2. The van der Waals surface area contributed by atoms with Gasteiger partial charge in [0.25, 0.3) is 5.91 Å². The van der Waals surface area contributed by atoms with E-state index < -0.39 is 0 Å². The van der Waals surface area contributed by atoms with Gasteiger partial charge in [0.2, 0.25) is 5.91 Å². The molecule has 0 saturated carbocycles. The van der Waals surface area contributed by atoms with E-state index in [-0.39, 0.29) is 17.7 Å². The summed E-state index contributed by atoms with van der Waals surface area (Å²) in [5.41, 5.74) is 2.30. The molecule has 5 heteroatoms. The van der Waals surface area contributed by atoms with E-state index >= 15 is 0 Å². The van der Waals surface area contributed by atoms with Crippen LogP contribution in [0.4, 0.5) is 0 Å². The molecule has 1 aliphatic rings. The highest BCUT2D eigenvalue weighted by atomic mass is 16.3. The summed E-state index contributed by atoms with van der Waals surface area (Å²) < 4.78 is 5.15. The fourth-order valence-electron chi connectivity index (χ4n) is 2.94. The van der Waals surface area contributed by atoms with Gasteiger partial charge in [-0.3, -0.25) is 9.59 Å². The second-order valence-corrected chi connectivity index (χ2v) is 6.25. The monoisotopic (exact) mass is 326 g/mol. The van der Waals surface area contributed by atoms with E-state index in [0.717, 1.165) is 5.56 Å². The Hall–Kier alpha value is -2.56. The van der Waals surface area contributed by atoms with Crippen LogP contribution in [0.5, 0.6) is 0 Å². The van der Waals surface area contributed by atoms with E-state index in [1.807, 2.05) is 31.2 Å². The van der Waals surface area contributed by atoms with Crippen LogP contribution in [-0.2, 0) is 11.3 Å². The zero-order valence-corrected chi connectivity index (χ0v) is 13.8. The summed E-state index contributed by atoms with van der Waals surface area (Å²) in [6.45, 7) is 3.76. The highest BCUT2D eigenvalue weighted by molar-refractivity contribution is 5.91. The first-order valence-electron chi connectivity index (χ1n) is 8.29. The molecule has 2 aromatic rings. The van der Waals surface area contributed by atoms with Crippen molar-refractivity contribution in [1.29, 1.82) is 0 Å². The van der Waals surface area contributed by atoms with Crippen LogP contribution in [0.3, 0.4) is 0 Å². The topological polar surface area (TPSA) is 62.6 Å². The molecule has 0 aliphatic carbocycles. The van der Waals surface area contributed by atoms with Gasteiger partial charge in [0.1, 0.15) is 0 Å². The summed E-state index contributed by atoms with van der Waals surface area (Å²) >= 11 is 0. The first-order chi connectivity index (χ1) is 11.6. The maximum atomic E-state index is 12.3. The lowest BCUT2D eigenvalue weighted by Gasteiger charge is -2.30. The predicted octanol–water partition coefficient (Wildman–Crippen LogP) is 2.76. The van der Waals surface area contributed by atoms with Crippen LogP contribution in [0.15, 0.2) is 47.1 Å². The number of aryl methyl sites for hydroxylation is 1. The minimum atomic E-state index is -0.0986. The van der Waals surface area contributed by atoms with Gasteiger partial charge in [0.05, 0.1) is 6.26 Å². The highest BCUT2D eigenvalue weighted by Gasteiger charge is 2.28. The van der Waals surface area contributed by atoms with Crippen LogP contribution >= 0.6 is 0 Å². The van der Waals surface area contributed by atoms with Crippen molar-refractivity contribution in [2.75, 3.05) is 13.1 Å². The molecule has 3 rings (SSSR count). The fraction of sp³-hybridized carbons (Fsp3) is 0.368. The van der Waals surface area contributed by atoms with Crippen molar-refractivity contribution < 1.29 is 14.0 Å². The number of furan rings is 1. The zero-order chi connectivity index (χ0) is 16.9. The van der Waals surface area contributed by atoms with Gasteiger partial charge >= 0.3 is 0 Å². The Kier molecular flexibility index (Phi) is 4.99. The largest absolute Gasteiger partial charge is 0.459 e. The molecule has 5 nitrogen and oxygen atoms in total. The van der Waals surface area contributed by atoms with Crippen LogP contribution in [0, 0.1) is 12.8 Å². The first kappa shape index (κ1) is 16.3. The molecule has 0 atom stereocenters. The van der Waals surface area contributed by atoms with Crippen LogP contribution in [0.1, 0.15) is 34.5 Å². The average molecular weight is 326 g/mol. The maximum absolute atomic E-state index is 12.3. The number of likely N-dealkylation sites (tertiary alicyclic amines) is 1. The molecule has 1 saturated heterocycles. The quantitative estimate of drug-likeness (QED) is 0.940. The van der Waals surface area contributed by atoms with E-state index in [1.165, 1.54) is 11.8 Å². The van der Waals surface area contributed by atoms with Crippen LogP contribution in [0.2, 0.25) is 0 Å². The molecule has 2 amide bonds. The van der Waals surface area contributed by atoms with Gasteiger partial charge in [-0.05, 0) is 37.5 Å². The molecule has 126 valence electrons. The number of carbonyl (C=O) groups is 2. The Morgan fingerprint density at radius 2 is 1.88 bits per heavy atom. The Labute approximate surface area is 141 Å². The van der Waals surface area contributed by atoms with Crippen molar-refractivity contribution in [3.05, 3.63) is 59.5 Å². The molecular weight excluding hydrogens is 304 g/mol. The number of nitrogens with one attached hydrogen (secondary N) is 1. The Morgan fingerprint density at radius 1 is 1.17 bits per heavy atom. The number of hydrogen-bond acceptors (Lipinski definition) is 3. The lowest BCUT2D eigenvalue weighted by atomic mass is 9.95. The third-order valence-electron chi connectivity index (χ3n) is 4.47. The fourth-order valence-corrected chi connectivity index (χ4v) is 2.94. The SMILES string of the molecule is Cc1ccc(CNC(=O)C2CCN(C(=O)c3ccco3)CC2)cc1. The average Bonchev–Trinajstić information content (AvgIpc) is 3.15. The lowest BCUT2D eigenvalue weighted by Crippen LogP contribution is -2.42. The van der Waals surface area contributed by atoms with Crippen LogP contribution in [-0.4, -0.2) is 29.8 Å². The molecule has 1 N–H and O–H groups in total. The molecule has 24 heavy (non-hydrogen) atoms. The number of benzene rings is 1. The molecule has 2 heterocycles. The van der Waals surface area contributed by atoms with E-state index in [9.17, 15) is 9.59 Å². The predicted molar refractivity (Wildman–Crippen MR) is 90.4 cm³/mol. The van der Waals surface area contributed by atoms with E-state index in [4.69, 9.17) is 4.42 Å². The first-order valence-corrected chi connectivity index (χ1v) is 8.29. The van der Waals surface area contributed by atoms with Crippen molar-refractivity contribution in [2.45, 2.75) is 26.3 Å². The molecular formula is C19H22N2O3. The number of carbonyl (C=O) groups excluding carboxylic acids is 2. The standard InChI is InChI=1S/C19H22N2O3/c1-14-4-6-15(7-5-14)13-20-18(22)16-8-10-21(11-9-16)19(23)17-3-2-12-24-17/h2-7,12,16H,8-11,13H2,1H3,(H,20,22). The van der Waals surface area contributed by atoms with E-state index in [2.05, 4.69) is 5.32 Å². The van der Waals surface area contributed by atoms with Crippen LogP contribution < -0.4 is 5.32 Å². The Bertz CT molecular complexity index is 684. The number of rotatable bonds is 4. The molecule has 0 bridgehead atoms. The van der Waals surface area contributed by atoms with Gasteiger partial charge in [0.15, 0.2) is 5.76 Å². The smallest absolute Gasteiger partial charge is 0.289 e. The second-order valence-electron chi connectivity index (χ2n) is 6.25. The molecule has 1 aromatic heterocycles. The van der Waals surface area contributed by atoms with Gasteiger partial charge in [-0.1, -0.05) is 29.8 Å². The number of hydrogen-bond donors (Lipinski definition) is 1. The normalized spacial score (nSPS) is 15.3. The molecule has 1 aromatic carbocycles. The van der Waals surface area contributed by atoms with Crippen molar-refractivity contribution in [3.8, 4) is 0 Å². The zero-order valence-electron chi connectivity index (χ0n) is 13.8. The summed E-state index contributed by atoms with van der Waals surface area (Å²) in [5, 5.41) is 3.00. The van der Waals surface area contributed by atoms with Gasteiger partial charge in [0, 0.05) is 25.6 Å².